The molecule has 1 amide bonds. The predicted molar refractivity (Wildman–Crippen MR) is 95.2 cm³/mol. The van der Waals surface area contributed by atoms with Gasteiger partial charge in [-0.1, -0.05) is 0 Å². The van der Waals surface area contributed by atoms with Gasteiger partial charge in [0.15, 0.2) is 12.2 Å². The number of ether oxygens (including phenoxy) is 2. The van der Waals surface area contributed by atoms with E-state index in [4.69, 9.17) is 13.9 Å². The Bertz CT molecular complexity index is 703. The fourth-order valence-electron chi connectivity index (χ4n) is 4.43. The quantitative estimate of drug-likeness (QED) is 0.761. The third kappa shape index (κ3) is 4.06. The zero-order chi connectivity index (χ0) is 19.8. The van der Waals surface area contributed by atoms with Crippen LogP contribution in [0.25, 0.3) is 0 Å². The summed E-state index contributed by atoms with van der Waals surface area (Å²) in [5.41, 5.74) is 0.553. The Labute approximate surface area is 163 Å². The van der Waals surface area contributed by atoms with Gasteiger partial charge >= 0.3 is 0 Å². The molecule has 1 aromatic heterocycles. The molecule has 9 heteroatoms. The van der Waals surface area contributed by atoms with E-state index in [-0.39, 0.29) is 37.1 Å². The van der Waals surface area contributed by atoms with Gasteiger partial charge in [0, 0.05) is 32.0 Å². The monoisotopic (exact) mass is 399 g/mol. The molecule has 0 aromatic carbocycles. The first kappa shape index (κ1) is 19.7. The van der Waals surface area contributed by atoms with Crippen molar-refractivity contribution in [1.82, 2.24) is 14.8 Å². The van der Waals surface area contributed by atoms with Crippen molar-refractivity contribution in [2.24, 2.45) is 0 Å². The summed E-state index contributed by atoms with van der Waals surface area (Å²) in [5.74, 6) is -3.47. The summed E-state index contributed by atoms with van der Waals surface area (Å²) < 4.78 is 44.5. The van der Waals surface area contributed by atoms with Gasteiger partial charge < -0.3 is 18.8 Å². The smallest absolute Gasteiger partial charge is 0.291 e. The molecule has 2 aliphatic heterocycles. The minimum Gasteiger partial charge on any atom is -0.438 e. The number of carbonyl (C=O) groups is 1. The highest BCUT2D eigenvalue weighted by atomic mass is 19.3. The van der Waals surface area contributed by atoms with Crippen molar-refractivity contribution >= 4 is 5.91 Å². The van der Waals surface area contributed by atoms with Crippen molar-refractivity contribution in [2.45, 2.75) is 56.8 Å². The molecule has 1 unspecified atom stereocenters. The van der Waals surface area contributed by atoms with Gasteiger partial charge in [-0.05, 0) is 26.2 Å². The van der Waals surface area contributed by atoms with E-state index in [9.17, 15) is 13.6 Å². The van der Waals surface area contributed by atoms with E-state index in [0.717, 1.165) is 13.0 Å². The van der Waals surface area contributed by atoms with Crippen LogP contribution >= 0.6 is 0 Å². The molecule has 2 saturated heterocycles. The van der Waals surface area contributed by atoms with Crippen LogP contribution in [0.15, 0.2) is 10.8 Å². The number of aryl methyl sites for hydroxylation is 1. The van der Waals surface area contributed by atoms with Gasteiger partial charge in [0.25, 0.3) is 5.91 Å². The van der Waals surface area contributed by atoms with Gasteiger partial charge in [-0.2, -0.15) is 0 Å². The predicted octanol–water partition coefficient (Wildman–Crippen LogP) is 2.45. The van der Waals surface area contributed by atoms with Crippen molar-refractivity contribution in [1.29, 1.82) is 0 Å². The number of carbonyl (C=O) groups excluding carboxylic acids is 1. The average Bonchev–Trinajstić information content (AvgIpc) is 2.99. The highest BCUT2D eigenvalue weighted by molar-refractivity contribution is 5.92. The molecule has 3 aliphatic rings. The molecule has 1 spiro atoms. The van der Waals surface area contributed by atoms with Crippen LogP contribution in [0.4, 0.5) is 8.78 Å². The summed E-state index contributed by atoms with van der Waals surface area (Å²) >= 11 is 0. The van der Waals surface area contributed by atoms with Crippen LogP contribution in [0.2, 0.25) is 0 Å². The fourth-order valence-corrected chi connectivity index (χ4v) is 4.43. The third-order valence-corrected chi connectivity index (χ3v) is 5.99. The number of hydrogen-bond acceptors (Lipinski definition) is 6. The summed E-state index contributed by atoms with van der Waals surface area (Å²) in [7, 11) is 0. The minimum absolute atomic E-state index is 0.0712. The van der Waals surface area contributed by atoms with E-state index < -0.39 is 11.7 Å². The van der Waals surface area contributed by atoms with E-state index >= 15 is 0 Å². The first-order valence-electron chi connectivity index (χ1n) is 9.97. The number of hydrogen-bond donors (Lipinski definition) is 0. The van der Waals surface area contributed by atoms with Gasteiger partial charge in [0.1, 0.15) is 0 Å². The lowest BCUT2D eigenvalue weighted by atomic mass is 9.90. The lowest BCUT2D eigenvalue weighted by molar-refractivity contribution is -0.263. The van der Waals surface area contributed by atoms with Gasteiger partial charge in [-0.25, -0.2) is 13.8 Å². The zero-order valence-electron chi connectivity index (χ0n) is 16.2. The third-order valence-electron chi connectivity index (χ3n) is 5.99. The molecule has 0 bridgehead atoms. The highest BCUT2D eigenvalue weighted by Crippen LogP contribution is 2.36. The Hall–Kier alpha value is -1.58. The van der Waals surface area contributed by atoms with Crippen LogP contribution in [0.3, 0.4) is 0 Å². The van der Waals surface area contributed by atoms with E-state index in [0.29, 0.717) is 44.8 Å². The van der Waals surface area contributed by atoms with E-state index in [1.54, 1.807) is 11.8 Å². The zero-order valence-corrected chi connectivity index (χ0v) is 16.2. The van der Waals surface area contributed by atoms with Crippen LogP contribution in [0.5, 0.6) is 0 Å². The summed E-state index contributed by atoms with van der Waals surface area (Å²) in [5, 5.41) is 0. The van der Waals surface area contributed by atoms with E-state index in [2.05, 4.69) is 9.88 Å². The number of aromatic nitrogens is 1. The molecule has 0 radical (unpaired) electrons. The van der Waals surface area contributed by atoms with Crippen LogP contribution in [0.1, 0.15) is 48.4 Å². The second kappa shape index (κ2) is 7.68. The maximum Gasteiger partial charge on any atom is 0.291 e. The number of morpholine rings is 1. The number of amides is 1. The van der Waals surface area contributed by atoms with Gasteiger partial charge in [0.05, 0.1) is 32.0 Å². The molecule has 0 N–H and O–H groups in total. The minimum atomic E-state index is -2.55. The average molecular weight is 399 g/mol. The molecule has 4 rings (SSSR count). The van der Waals surface area contributed by atoms with E-state index in [1.807, 2.05) is 0 Å². The number of alkyl halides is 2. The molecule has 1 saturated carbocycles. The van der Waals surface area contributed by atoms with Crippen molar-refractivity contribution < 1.29 is 27.5 Å². The number of nitrogens with zero attached hydrogens (tertiary/aromatic N) is 3. The molecule has 1 atom stereocenters. The Morgan fingerprint density at radius 1 is 1.18 bits per heavy atom. The van der Waals surface area contributed by atoms with Gasteiger partial charge in [-0.15, -0.1) is 0 Å². The summed E-state index contributed by atoms with van der Waals surface area (Å²) in [4.78, 5) is 20.7. The lowest BCUT2D eigenvalue weighted by Gasteiger charge is -2.45. The SMILES string of the molecule is Cc1ncoc1C(=O)N1CCOC2(C1)CN(C1CCC(F)(F)CC1)CCCO2. The first-order chi connectivity index (χ1) is 13.4. The Kier molecular flexibility index (Phi) is 5.41. The maximum atomic E-state index is 13.6. The second-order valence-electron chi connectivity index (χ2n) is 8.01. The summed E-state index contributed by atoms with van der Waals surface area (Å²) in [6.07, 6.45) is 2.89. The summed E-state index contributed by atoms with van der Waals surface area (Å²) in [6.45, 7) is 4.60. The molecular formula is C19H27F2N3O4. The Balaban J connectivity index is 1.46. The first-order valence-corrected chi connectivity index (χ1v) is 9.97. The van der Waals surface area contributed by atoms with Gasteiger partial charge in [0.2, 0.25) is 11.7 Å². The molecule has 28 heavy (non-hydrogen) atoms. The van der Waals surface area contributed by atoms with Crippen molar-refractivity contribution in [3.63, 3.8) is 0 Å². The molecule has 3 heterocycles. The van der Waals surface area contributed by atoms with E-state index in [1.165, 1.54) is 6.39 Å². The molecule has 3 fully saturated rings. The number of rotatable bonds is 2. The van der Waals surface area contributed by atoms with Crippen LogP contribution in [-0.2, 0) is 9.47 Å². The summed E-state index contributed by atoms with van der Waals surface area (Å²) in [6, 6.07) is 0.101. The highest BCUT2D eigenvalue weighted by Gasteiger charge is 2.45. The largest absolute Gasteiger partial charge is 0.438 e. The van der Waals surface area contributed by atoms with Gasteiger partial charge in [-0.3, -0.25) is 9.69 Å². The molecule has 1 aliphatic carbocycles. The normalized spacial score (nSPS) is 29.8. The molecule has 156 valence electrons. The standard InChI is InChI=1S/C19H27F2N3O4/c1-14-16(26-13-22-14)17(25)24-8-10-28-19(12-24)11-23(7-2-9-27-19)15-3-5-18(20,21)6-4-15/h13,15H,2-12H2,1H3. The number of oxazole rings is 1. The lowest BCUT2D eigenvalue weighted by Crippen LogP contribution is -2.60. The Morgan fingerprint density at radius 3 is 2.64 bits per heavy atom. The number of halogens is 2. The van der Waals surface area contributed by atoms with Crippen molar-refractivity contribution in [3.8, 4) is 0 Å². The Morgan fingerprint density at radius 2 is 1.93 bits per heavy atom. The second-order valence-corrected chi connectivity index (χ2v) is 8.01. The van der Waals surface area contributed by atoms with Crippen LogP contribution < -0.4 is 0 Å². The molecule has 7 nitrogen and oxygen atoms in total. The van der Waals surface area contributed by atoms with Crippen LogP contribution in [0, 0.1) is 6.92 Å². The van der Waals surface area contributed by atoms with Crippen LogP contribution in [-0.4, -0.2) is 77.8 Å². The molecular weight excluding hydrogens is 372 g/mol. The van der Waals surface area contributed by atoms with Crippen molar-refractivity contribution in [3.05, 3.63) is 17.8 Å². The topological polar surface area (TPSA) is 68.0 Å². The molecule has 1 aromatic rings. The maximum absolute atomic E-state index is 13.6. The van der Waals surface area contributed by atoms with Crippen molar-refractivity contribution in [2.75, 3.05) is 39.4 Å². The fraction of sp³-hybridized carbons (Fsp3) is 0.789.